The lowest BCUT2D eigenvalue weighted by molar-refractivity contribution is 0.119. The van der Waals surface area contributed by atoms with Crippen LogP contribution in [0.15, 0.2) is 36.8 Å². The van der Waals surface area contributed by atoms with E-state index in [1.807, 2.05) is 35.3 Å². The molecule has 0 bridgehead atoms. The molecule has 0 radical (unpaired) electrons. The van der Waals surface area contributed by atoms with Crippen LogP contribution in [0.5, 0.6) is 0 Å². The maximum Gasteiger partial charge on any atom is 0.177 e. The van der Waals surface area contributed by atoms with Crippen molar-refractivity contribution >= 4 is 11.2 Å². The summed E-state index contributed by atoms with van der Waals surface area (Å²) in [4.78, 5) is 14.8. The molecule has 1 fully saturated rings. The fraction of sp³-hybridized carbons (Fsp3) is 0.438. The first-order valence-electron chi connectivity index (χ1n) is 7.89. The Bertz CT molecular complexity index is 699. The Hall–Kier alpha value is -2.21. The van der Waals surface area contributed by atoms with Gasteiger partial charge in [0.2, 0.25) is 0 Å². The van der Waals surface area contributed by atoms with Gasteiger partial charge in [-0.25, -0.2) is 9.97 Å². The lowest BCUT2D eigenvalue weighted by atomic mass is 10.0. The van der Waals surface area contributed by atoms with Crippen molar-refractivity contribution in [3.63, 3.8) is 0 Å². The molecular formula is C16H20N6. The van der Waals surface area contributed by atoms with Crippen molar-refractivity contribution in [1.29, 1.82) is 0 Å². The Labute approximate surface area is 129 Å². The number of hydrogen-bond acceptors (Lipinski definition) is 4. The molecule has 1 N–H and O–H groups in total. The number of pyridine rings is 1. The fourth-order valence-electron chi connectivity index (χ4n) is 3.26. The van der Waals surface area contributed by atoms with Crippen LogP contribution >= 0.6 is 0 Å². The van der Waals surface area contributed by atoms with E-state index in [2.05, 4.69) is 25.0 Å². The third kappa shape index (κ3) is 2.74. The summed E-state index contributed by atoms with van der Waals surface area (Å²) in [5, 5.41) is 4.34. The molecule has 4 heterocycles. The van der Waals surface area contributed by atoms with E-state index in [4.69, 9.17) is 0 Å². The van der Waals surface area contributed by atoms with E-state index in [0.717, 1.165) is 36.6 Å². The van der Waals surface area contributed by atoms with E-state index in [1.54, 1.807) is 6.20 Å². The largest absolute Gasteiger partial charge is 0.340 e. The maximum absolute atomic E-state index is 4.61. The third-order valence-electron chi connectivity index (χ3n) is 4.37. The average molecular weight is 296 g/mol. The minimum absolute atomic E-state index is 0.523. The zero-order valence-electron chi connectivity index (χ0n) is 12.5. The van der Waals surface area contributed by atoms with Crippen LogP contribution in [0.25, 0.3) is 11.2 Å². The molecule has 1 aliphatic heterocycles. The molecule has 6 heteroatoms. The minimum Gasteiger partial charge on any atom is -0.340 e. The number of fused-ring (bicyclic) bond motifs is 1. The Kier molecular flexibility index (Phi) is 3.60. The fourth-order valence-corrected chi connectivity index (χ4v) is 3.26. The van der Waals surface area contributed by atoms with Gasteiger partial charge in [0.05, 0.1) is 18.6 Å². The van der Waals surface area contributed by atoms with Gasteiger partial charge in [-0.2, -0.15) is 5.10 Å². The van der Waals surface area contributed by atoms with E-state index in [1.165, 1.54) is 19.3 Å². The van der Waals surface area contributed by atoms with Crippen molar-refractivity contribution in [2.75, 3.05) is 6.54 Å². The van der Waals surface area contributed by atoms with Gasteiger partial charge in [-0.15, -0.1) is 0 Å². The van der Waals surface area contributed by atoms with Gasteiger partial charge >= 0.3 is 0 Å². The number of piperidine rings is 1. The van der Waals surface area contributed by atoms with Crippen molar-refractivity contribution in [1.82, 2.24) is 29.6 Å². The summed E-state index contributed by atoms with van der Waals surface area (Å²) in [5.41, 5.74) is 1.82. The summed E-state index contributed by atoms with van der Waals surface area (Å²) in [6, 6.07) is 6.47. The van der Waals surface area contributed by atoms with Crippen LogP contribution in [0.3, 0.4) is 0 Å². The van der Waals surface area contributed by atoms with Gasteiger partial charge in [0.1, 0.15) is 5.82 Å². The number of aromatic amines is 1. The molecule has 1 aliphatic rings. The molecule has 1 unspecified atom stereocenters. The summed E-state index contributed by atoms with van der Waals surface area (Å²) in [5.74, 6) is 1.00. The Morgan fingerprint density at radius 3 is 3.09 bits per heavy atom. The molecule has 0 spiro atoms. The molecule has 0 amide bonds. The van der Waals surface area contributed by atoms with E-state index >= 15 is 0 Å². The van der Waals surface area contributed by atoms with E-state index < -0.39 is 0 Å². The van der Waals surface area contributed by atoms with Crippen LogP contribution in [0.4, 0.5) is 0 Å². The van der Waals surface area contributed by atoms with Crippen LogP contribution in [0.2, 0.25) is 0 Å². The monoisotopic (exact) mass is 296 g/mol. The first kappa shape index (κ1) is 13.5. The van der Waals surface area contributed by atoms with Gasteiger partial charge < -0.3 is 4.98 Å². The smallest absolute Gasteiger partial charge is 0.177 e. The summed E-state index contributed by atoms with van der Waals surface area (Å²) in [6.07, 6.45) is 9.45. The number of nitrogens with one attached hydrogen (secondary N) is 1. The molecule has 6 nitrogen and oxygen atoms in total. The molecular weight excluding hydrogens is 276 g/mol. The zero-order chi connectivity index (χ0) is 14.8. The van der Waals surface area contributed by atoms with Crippen molar-refractivity contribution in [2.24, 2.45) is 0 Å². The Morgan fingerprint density at radius 2 is 2.23 bits per heavy atom. The number of nitrogens with zero attached hydrogens (tertiary/aromatic N) is 5. The van der Waals surface area contributed by atoms with Gasteiger partial charge in [0.25, 0.3) is 0 Å². The molecule has 1 atom stereocenters. The molecule has 3 aromatic heterocycles. The van der Waals surface area contributed by atoms with Crippen LogP contribution < -0.4 is 0 Å². The second-order valence-electron chi connectivity index (χ2n) is 5.91. The highest BCUT2D eigenvalue weighted by Crippen LogP contribution is 2.21. The van der Waals surface area contributed by atoms with Crippen LogP contribution in [-0.2, 0) is 13.1 Å². The van der Waals surface area contributed by atoms with Gasteiger partial charge in [-0.3, -0.25) is 9.58 Å². The summed E-state index contributed by atoms with van der Waals surface area (Å²) in [7, 11) is 0. The highest BCUT2D eigenvalue weighted by Gasteiger charge is 2.24. The number of rotatable bonds is 4. The first-order chi connectivity index (χ1) is 10.9. The normalized spacial score (nSPS) is 19.7. The highest BCUT2D eigenvalue weighted by atomic mass is 15.3. The Morgan fingerprint density at radius 1 is 1.23 bits per heavy atom. The summed E-state index contributed by atoms with van der Waals surface area (Å²) >= 11 is 0. The molecule has 0 aromatic carbocycles. The number of imidazole rings is 1. The number of H-pyrrole nitrogens is 1. The quantitative estimate of drug-likeness (QED) is 0.802. The van der Waals surface area contributed by atoms with Crippen LogP contribution in [-0.4, -0.2) is 42.2 Å². The highest BCUT2D eigenvalue weighted by molar-refractivity contribution is 5.69. The molecule has 0 aliphatic carbocycles. The van der Waals surface area contributed by atoms with Gasteiger partial charge in [0.15, 0.2) is 5.65 Å². The average Bonchev–Trinajstić information content (AvgIpc) is 3.18. The summed E-state index contributed by atoms with van der Waals surface area (Å²) < 4.78 is 2.03. The molecule has 4 rings (SSSR count). The van der Waals surface area contributed by atoms with E-state index in [-0.39, 0.29) is 0 Å². The Balaban J connectivity index is 1.51. The third-order valence-corrected chi connectivity index (χ3v) is 4.37. The number of aromatic nitrogens is 5. The van der Waals surface area contributed by atoms with Gasteiger partial charge in [0, 0.05) is 24.6 Å². The van der Waals surface area contributed by atoms with Crippen molar-refractivity contribution in [2.45, 2.75) is 38.4 Å². The van der Waals surface area contributed by atoms with E-state index in [0.29, 0.717) is 6.04 Å². The van der Waals surface area contributed by atoms with Crippen LogP contribution in [0.1, 0.15) is 25.1 Å². The maximum atomic E-state index is 4.61. The molecule has 3 aromatic rings. The lowest BCUT2D eigenvalue weighted by Crippen LogP contribution is -2.41. The molecule has 22 heavy (non-hydrogen) atoms. The number of hydrogen-bond donors (Lipinski definition) is 1. The first-order valence-corrected chi connectivity index (χ1v) is 7.89. The van der Waals surface area contributed by atoms with Crippen LogP contribution in [0, 0.1) is 0 Å². The topological polar surface area (TPSA) is 62.6 Å². The molecule has 1 saturated heterocycles. The van der Waals surface area contributed by atoms with Gasteiger partial charge in [-0.05, 0) is 37.6 Å². The minimum atomic E-state index is 0.523. The number of likely N-dealkylation sites (tertiary alicyclic amines) is 1. The summed E-state index contributed by atoms with van der Waals surface area (Å²) in [6.45, 7) is 2.92. The van der Waals surface area contributed by atoms with Crippen molar-refractivity contribution in [3.05, 3.63) is 42.6 Å². The SMILES string of the molecule is c1cnc2nc(CN3CCCCC3Cn3cccn3)[nH]c2c1. The van der Waals surface area contributed by atoms with E-state index in [9.17, 15) is 0 Å². The van der Waals surface area contributed by atoms with Crippen molar-refractivity contribution in [3.8, 4) is 0 Å². The lowest BCUT2D eigenvalue weighted by Gasteiger charge is -2.35. The standard InChI is InChI=1S/C16H20N6/c1-2-9-21(13(5-1)11-22-10-4-8-18-22)12-15-19-14-6-3-7-17-16(14)20-15/h3-4,6-8,10,13H,1-2,5,9,11-12H2,(H,17,19,20). The zero-order valence-corrected chi connectivity index (χ0v) is 12.5. The second kappa shape index (κ2) is 5.88. The predicted molar refractivity (Wildman–Crippen MR) is 84.2 cm³/mol. The predicted octanol–water partition coefficient (Wildman–Crippen LogP) is 2.21. The molecule has 0 saturated carbocycles. The van der Waals surface area contributed by atoms with Gasteiger partial charge in [-0.1, -0.05) is 6.42 Å². The second-order valence-corrected chi connectivity index (χ2v) is 5.91. The molecule has 114 valence electrons. The van der Waals surface area contributed by atoms with Crippen molar-refractivity contribution < 1.29 is 0 Å².